The Kier molecular flexibility index (Phi) is 7.04. The Morgan fingerprint density at radius 3 is 2.39 bits per heavy atom. The van der Waals surface area contributed by atoms with Gasteiger partial charge in [-0.15, -0.1) is 13.2 Å². The van der Waals surface area contributed by atoms with Crippen LogP contribution in [0.2, 0.25) is 10.0 Å². The van der Waals surface area contributed by atoms with Gasteiger partial charge in [0.15, 0.2) is 0 Å². The van der Waals surface area contributed by atoms with Gasteiger partial charge in [0, 0.05) is 25.1 Å². The Balaban J connectivity index is 1.65. The molecule has 1 amide bonds. The molecule has 12 heteroatoms. The smallest absolute Gasteiger partial charge is 0.406 e. The number of hydrogen-bond acceptors (Lipinski definition) is 4. The van der Waals surface area contributed by atoms with E-state index in [1.165, 1.54) is 12.1 Å². The van der Waals surface area contributed by atoms with Crippen LogP contribution >= 0.6 is 23.2 Å². The molecule has 168 valence electrons. The highest BCUT2D eigenvalue weighted by atomic mass is 35.5. The average Bonchev–Trinajstić information content (AvgIpc) is 2.70. The third-order valence-electron chi connectivity index (χ3n) is 4.71. The fraction of sp³-hybridized carbons (Fsp3) is 0.316. The van der Waals surface area contributed by atoms with Gasteiger partial charge in [-0.1, -0.05) is 35.3 Å². The summed E-state index contributed by atoms with van der Waals surface area (Å²) in [5.41, 5.74) is 0.357. The Morgan fingerprint density at radius 1 is 1.10 bits per heavy atom. The van der Waals surface area contributed by atoms with Crippen LogP contribution in [0.25, 0.3) is 0 Å². The summed E-state index contributed by atoms with van der Waals surface area (Å²) in [6.45, 7) is 0.0715. The van der Waals surface area contributed by atoms with Crippen molar-refractivity contribution in [3.63, 3.8) is 0 Å². The fourth-order valence-corrected chi connectivity index (χ4v) is 5.03. The van der Waals surface area contributed by atoms with E-state index in [2.05, 4.69) is 10.1 Å². The molecule has 3 rings (SSSR count). The number of sulfonamides is 1. The molecule has 0 saturated carbocycles. The highest BCUT2D eigenvalue weighted by Gasteiger charge is 2.34. The normalized spacial score (nSPS) is 16.2. The van der Waals surface area contributed by atoms with Gasteiger partial charge in [-0.2, -0.15) is 4.31 Å². The van der Waals surface area contributed by atoms with Crippen LogP contribution in [0.1, 0.15) is 12.8 Å². The summed E-state index contributed by atoms with van der Waals surface area (Å²) in [7, 11) is -4.04. The van der Waals surface area contributed by atoms with E-state index in [-0.39, 0.29) is 46.8 Å². The summed E-state index contributed by atoms with van der Waals surface area (Å²) in [4.78, 5) is 12.2. The lowest BCUT2D eigenvalue weighted by Crippen LogP contribution is -2.41. The number of carbonyl (C=O) groups excluding carboxylic acids is 1. The number of anilines is 1. The number of halogens is 5. The molecule has 0 bridgehead atoms. The molecule has 1 N–H and O–H groups in total. The van der Waals surface area contributed by atoms with E-state index in [9.17, 15) is 26.4 Å². The van der Waals surface area contributed by atoms with Crippen molar-refractivity contribution in [2.24, 2.45) is 5.92 Å². The predicted molar refractivity (Wildman–Crippen MR) is 110 cm³/mol. The molecule has 0 aliphatic carbocycles. The Bertz CT molecular complexity index is 1070. The topological polar surface area (TPSA) is 75.7 Å². The molecule has 1 saturated heterocycles. The number of benzene rings is 2. The Hall–Kier alpha value is -2.01. The van der Waals surface area contributed by atoms with Crippen LogP contribution in [0.3, 0.4) is 0 Å². The van der Waals surface area contributed by atoms with Gasteiger partial charge in [-0.05, 0) is 37.1 Å². The van der Waals surface area contributed by atoms with Crippen molar-refractivity contribution >= 4 is 44.8 Å². The third kappa shape index (κ3) is 5.82. The number of hydrogen-bond donors (Lipinski definition) is 1. The molecular weight excluding hydrogens is 480 g/mol. The third-order valence-corrected chi connectivity index (χ3v) is 7.42. The Labute approximate surface area is 186 Å². The summed E-state index contributed by atoms with van der Waals surface area (Å²) in [5.74, 6) is -1.40. The molecule has 1 heterocycles. The van der Waals surface area contributed by atoms with Crippen LogP contribution < -0.4 is 10.1 Å². The highest BCUT2D eigenvalue weighted by molar-refractivity contribution is 7.89. The number of nitrogens with zero attached hydrogens (tertiary/aromatic N) is 1. The minimum absolute atomic E-state index is 0.0358. The molecule has 2 aromatic rings. The van der Waals surface area contributed by atoms with Gasteiger partial charge in [-0.25, -0.2) is 8.42 Å². The molecule has 1 aliphatic heterocycles. The van der Waals surface area contributed by atoms with Gasteiger partial charge >= 0.3 is 6.36 Å². The van der Waals surface area contributed by atoms with Gasteiger partial charge in [0.2, 0.25) is 15.9 Å². The van der Waals surface area contributed by atoms with Crippen LogP contribution in [0.15, 0.2) is 47.4 Å². The van der Waals surface area contributed by atoms with Crippen LogP contribution in [0.4, 0.5) is 18.9 Å². The lowest BCUT2D eigenvalue weighted by atomic mass is 9.97. The van der Waals surface area contributed by atoms with E-state index in [1.54, 1.807) is 18.2 Å². The first-order valence-electron chi connectivity index (χ1n) is 9.08. The zero-order valence-electron chi connectivity index (χ0n) is 15.8. The molecule has 31 heavy (non-hydrogen) atoms. The number of carbonyl (C=O) groups is 1. The van der Waals surface area contributed by atoms with Crippen molar-refractivity contribution in [2.75, 3.05) is 18.4 Å². The second-order valence-electron chi connectivity index (χ2n) is 6.79. The van der Waals surface area contributed by atoms with Gasteiger partial charge in [0.05, 0.1) is 20.6 Å². The molecule has 0 spiro atoms. The molecule has 2 aromatic carbocycles. The number of amides is 1. The van der Waals surface area contributed by atoms with E-state index in [4.69, 9.17) is 23.2 Å². The number of alkyl halides is 3. The van der Waals surface area contributed by atoms with Crippen LogP contribution in [0, 0.1) is 5.92 Å². The fourth-order valence-electron chi connectivity index (χ4n) is 3.17. The first kappa shape index (κ1) is 23.6. The number of piperidine rings is 1. The summed E-state index contributed by atoms with van der Waals surface area (Å²) < 4.78 is 67.8. The van der Waals surface area contributed by atoms with Gasteiger partial charge in [-0.3, -0.25) is 4.79 Å². The molecule has 0 atom stereocenters. The highest BCUT2D eigenvalue weighted by Crippen LogP contribution is 2.32. The maximum atomic E-state index is 12.8. The quantitative estimate of drug-likeness (QED) is 0.636. The van der Waals surface area contributed by atoms with Crippen molar-refractivity contribution in [1.29, 1.82) is 0 Å². The van der Waals surface area contributed by atoms with Crippen molar-refractivity contribution in [3.8, 4) is 5.75 Å². The standard InChI is InChI=1S/C19H17Cl2F3N2O4S/c20-15-5-2-6-16(17(15)21)25-18(27)12-7-9-26(10-8-12)31(28,29)14-4-1-3-13(11-14)30-19(22,23)24/h1-6,11-12H,7-10H2,(H,25,27). The largest absolute Gasteiger partial charge is 0.573 e. The Morgan fingerprint density at radius 2 is 1.74 bits per heavy atom. The van der Waals surface area contributed by atoms with Crippen molar-refractivity contribution in [2.45, 2.75) is 24.1 Å². The summed E-state index contributed by atoms with van der Waals surface area (Å²) in [5, 5.41) is 3.18. The maximum Gasteiger partial charge on any atom is 0.573 e. The molecule has 1 aliphatic rings. The SMILES string of the molecule is O=C(Nc1cccc(Cl)c1Cl)C1CCN(S(=O)(=O)c2cccc(OC(F)(F)F)c2)CC1. The molecule has 0 unspecified atom stereocenters. The number of ether oxygens (including phenoxy) is 1. The van der Waals surface area contributed by atoms with Gasteiger partial charge < -0.3 is 10.1 Å². The van der Waals surface area contributed by atoms with E-state index in [0.29, 0.717) is 5.69 Å². The van der Waals surface area contributed by atoms with E-state index in [1.807, 2.05) is 0 Å². The summed E-state index contributed by atoms with van der Waals surface area (Å²) in [6, 6.07) is 9.02. The molecule has 6 nitrogen and oxygen atoms in total. The number of nitrogens with one attached hydrogen (secondary N) is 1. The first-order valence-corrected chi connectivity index (χ1v) is 11.3. The predicted octanol–water partition coefficient (Wildman–Crippen LogP) is 4.93. The molecule has 0 radical (unpaired) electrons. The minimum atomic E-state index is -4.93. The maximum absolute atomic E-state index is 12.8. The van der Waals surface area contributed by atoms with E-state index < -0.39 is 28.1 Å². The lowest BCUT2D eigenvalue weighted by Gasteiger charge is -2.30. The second-order valence-corrected chi connectivity index (χ2v) is 9.51. The minimum Gasteiger partial charge on any atom is -0.406 e. The van der Waals surface area contributed by atoms with Crippen LogP contribution in [-0.2, 0) is 14.8 Å². The van der Waals surface area contributed by atoms with Crippen molar-refractivity contribution in [3.05, 3.63) is 52.5 Å². The first-order chi connectivity index (χ1) is 14.5. The van der Waals surface area contributed by atoms with E-state index >= 15 is 0 Å². The van der Waals surface area contributed by atoms with Crippen LogP contribution in [0.5, 0.6) is 5.75 Å². The zero-order chi connectivity index (χ0) is 22.8. The van der Waals surface area contributed by atoms with Gasteiger partial charge in [0.25, 0.3) is 0 Å². The lowest BCUT2D eigenvalue weighted by molar-refractivity contribution is -0.274. The van der Waals surface area contributed by atoms with Gasteiger partial charge in [0.1, 0.15) is 5.75 Å². The second kappa shape index (κ2) is 9.23. The zero-order valence-corrected chi connectivity index (χ0v) is 18.2. The number of rotatable bonds is 5. The summed E-state index contributed by atoms with van der Waals surface area (Å²) >= 11 is 12.0. The molecule has 0 aromatic heterocycles. The average molecular weight is 497 g/mol. The van der Waals surface area contributed by atoms with Crippen molar-refractivity contribution < 1.29 is 31.1 Å². The van der Waals surface area contributed by atoms with E-state index in [0.717, 1.165) is 16.4 Å². The van der Waals surface area contributed by atoms with Crippen molar-refractivity contribution in [1.82, 2.24) is 4.31 Å². The molecule has 1 fully saturated rings. The monoisotopic (exact) mass is 496 g/mol. The summed E-state index contributed by atoms with van der Waals surface area (Å²) in [6.07, 6.45) is -4.45. The van der Waals surface area contributed by atoms with Crippen LogP contribution in [-0.4, -0.2) is 38.1 Å². The molecular formula is C19H17Cl2F3N2O4S.